The average molecular weight is 325 g/mol. The van der Waals surface area contributed by atoms with Crippen molar-refractivity contribution < 1.29 is 4.79 Å². The van der Waals surface area contributed by atoms with Gasteiger partial charge >= 0.3 is 0 Å². The second-order valence-electron chi connectivity index (χ2n) is 4.57. The van der Waals surface area contributed by atoms with E-state index in [4.69, 9.17) is 11.6 Å². The zero-order chi connectivity index (χ0) is 15.4. The van der Waals surface area contributed by atoms with Crippen molar-refractivity contribution in [1.29, 1.82) is 0 Å². The Morgan fingerprint density at radius 2 is 2.14 bits per heavy atom. The van der Waals surface area contributed by atoms with Crippen LogP contribution in [0.4, 0.5) is 5.69 Å². The summed E-state index contributed by atoms with van der Waals surface area (Å²) in [7, 11) is 0. The lowest BCUT2D eigenvalue weighted by atomic mass is 10.2. The maximum absolute atomic E-state index is 12.0. The lowest BCUT2D eigenvalue weighted by Crippen LogP contribution is -2.15. The molecule has 21 heavy (non-hydrogen) atoms. The van der Waals surface area contributed by atoms with Gasteiger partial charge in [0, 0.05) is 17.3 Å². The molecule has 0 aliphatic rings. The van der Waals surface area contributed by atoms with E-state index < -0.39 is 0 Å². The second kappa shape index (κ2) is 6.95. The molecule has 0 radical (unpaired) electrons. The van der Waals surface area contributed by atoms with Crippen LogP contribution in [0.5, 0.6) is 0 Å². The number of hydrogen-bond acceptors (Lipinski definition) is 4. The number of nitrogens with zero attached hydrogens (tertiary/aromatic N) is 3. The van der Waals surface area contributed by atoms with Crippen LogP contribution in [-0.2, 0) is 11.3 Å². The number of carbonyl (C=O) groups is 1. The highest BCUT2D eigenvalue weighted by molar-refractivity contribution is 7.99. The van der Waals surface area contributed by atoms with Gasteiger partial charge in [0.05, 0.1) is 5.75 Å². The highest BCUT2D eigenvalue weighted by Gasteiger charge is 2.11. The molecular weight excluding hydrogens is 308 g/mol. The fraction of sp³-hybridized carbons (Fsp3) is 0.357. The predicted molar refractivity (Wildman–Crippen MR) is 86.0 cm³/mol. The topological polar surface area (TPSA) is 59.8 Å². The monoisotopic (exact) mass is 324 g/mol. The van der Waals surface area contributed by atoms with Gasteiger partial charge in [-0.3, -0.25) is 4.79 Å². The van der Waals surface area contributed by atoms with Crippen molar-refractivity contribution in [3.05, 3.63) is 34.6 Å². The summed E-state index contributed by atoms with van der Waals surface area (Å²) < 4.78 is 1.98. The molecule has 0 saturated carbocycles. The van der Waals surface area contributed by atoms with E-state index in [1.165, 1.54) is 11.8 Å². The Balaban J connectivity index is 1.96. The van der Waals surface area contributed by atoms with Gasteiger partial charge < -0.3 is 9.88 Å². The molecule has 0 unspecified atom stereocenters. The van der Waals surface area contributed by atoms with Gasteiger partial charge in [0.2, 0.25) is 5.91 Å². The van der Waals surface area contributed by atoms with E-state index >= 15 is 0 Å². The number of amides is 1. The first kappa shape index (κ1) is 15.9. The first-order valence-corrected chi connectivity index (χ1v) is 7.96. The van der Waals surface area contributed by atoms with Crippen LogP contribution in [-0.4, -0.2) is 26.4 Å². The highest BCUT2D eigenvalue weighted by atomic mass is 35.5. The van der Waals surface area contributed by atoms with Crippen molar-refractivity contribution in [3.63, 3.8) is 0 Å². The van der Waals surface area contributed by atoms with Crippen molar-refractivity contribution in [1.82, 2.24) is 14.8 Å². The van der Waals surface area contributed by atoms with E-state index in [1.807, 2.05) is 31.4 Å². The summed E-state index contributed by atoms with van der Waals surface area (Å²) in [5, 5.41) is 12.4. The molecule has 2 aromatic rings. The van der Waals surface area contributed by atoms with Crippen molar-refractivity contribution in [3.8, 4) is 0 Å². The fourth-order valence-corrected chi connectivity index (χ4v) is 2.99. The second-order valence-corrected chi connectivity index (χ2v) is 5.95. The van der Waals surface area contributed by atoms with Crippen LogP contribution in [0.15, 0.2) is 23.4 Å². The van der Waals surface area contributed by atoms with Gasteiger partial charge in [0.1, 0.15) is 5.82 Å². The molecule has 1 N–H and O–H groups in total. The lowest BCUT2D eigenvalue weighted by molar-refractivity contribution is -0.113. The van der Waals surface area contributed by atoms with Crippen LogP contribution in [0.25, 0.3) is 0 Å². The zero-order valence-electron chi connectivity index (χ0n) is 12.2. The zero-order valence-corrected chi connectivity index (χ0v) is 13.8. The predicted octanol–water partition coefficient (Wildman–Crippen LogP) is 3.30. The van der Waals surface area contributed by atoms with Crippen LogP contribution in [0.1, 0.15) is 18.3 Å². The standard InChI is InChI=1S/C14H17ClN4OS/c1-4-19-10(3)17-18-14(19)21-8-13(20)16-12-6-5-11(15)7-9(12)2/h5-7H,4,8H2,1-3H3,(H,16,20). The van der Waals surface area contributed by atoms with Gasteiger partial charge in [-0.15, -0.1) is 10.2 Å². The van der Waals surface area contributed by atoms with Gasteiger partial charge in [-0.2, -0.15) is 0 Å². The molecule has 0 bridgehead atoms. The first-order chi connectivity index (χ1) is 10.0. The third-order valence-electron chi connectivity index (χ3n) is 3.01. The smallest absolute Gasteiger partial charge is 0.234 e. The average Bonchev–Trinajstić information content (AvgIpc) is 2.80. The third kappa shape index (κ3) is 3.98. The fourth-order valence-electron chi connectivity index (χ4n) is 1.92. The van der Waals surface area contributed by atoms with E-state index in [0.29, 0.717) is 10.8 Å². The summed E-state index contributed by atoms with van der Waals surface area (Å²) >= 11 is 7.28. The molecule has 1 amide bonds. The van der Waals surface area contributed by atoms with E-state index in [1.54, 1.807) is 12.1 Å². The van der Waals surface area contributed by atoms with Crippen LogP contribution < -0.4 is 5.32 Å². The lowest BCUT2D eigenvalue weighted by Gasteiger charge is -2.09. The van der Waals surface area contributed by atoms with Crippen LogP contribution in [0.2, 0.25) is 5.02 Å². The molecule has 5 nitrogen and oxygen atoms in total. The van der Waals surface area contributed by atoms with Crippen molar-refractivity contribution in [2.45, 2.75) is 32.5 Å². The number of rotatable bonds is 5. The van der Waals surface area contributed by atoms with Crippen molar-refractivity contribution in [2.75, 3.05) is 11.1 Å². The first-order valence-electron chi connectivity index (χ1n) is 6.60. The number of aromatic nitrogens is 3. The Labute approximate surface area is 133 Å². The van der Waals surface area contributed by atoms with Gasteiger partial charge in [-0.25, -0.2) is 0 Å². The van der Waals surface area contributed by atoms with E-state index in [2.05, 4.69) is 15.5 Å². The Bertz CT molecular complexity index is 656. The normalized spacial score (nSPS) is 10.7. The molecule has 0 fully saturated rings. The maximum atomic E-state index is 12.0. The van der Waals surface area contributed by atoms with Crippen LogP contribution >= 0.6 is 23.4 Å². The van der Waals surface area contributed by atoms with Crippen LogP contribution in [0, 0.1) is 13.8 Å². The van der Waals surface area contributed by atoms with Crippen molar-refractivity contribution in [2.24, 2.45) is 0 Å². The summed E-state index contributed by atoms with van der Waals surface area (Å²) in [5.41, 5.74) is 1.71. The molecule has 0 spiro atoms. The van der Waals surface area contributed by atoms with E-state index in [0.717, 1.165) is 28.8 Å². The number of halogens is 1. The number of anilines is 1. The Morgan fingerprint density at radius 1 is 1.38 bits per heavy atom. The number of nitrogens with one attached hydrogen (secondary N) is 1. The highest BCUT2D eigenvalue weighted by Crippen LogP contribution is 2.21. The minimum Gasteiger partial charge on any atom is -0.325 e. The Kier molecular flexibility index (Phi) is 5.25. The minimum atomic E-state index is -0.0753. The van der Waals surface area contributed by atoms with Crippen molar-refractivity contribution >= 4 is 35.0 Å². The number of benzene rings is 1. The molecule has 7 heteroatoms. The molecule has 1 aromatic heterocycles. The van der Waals surface area contributed by atoms with Gasteiger partial charge in [0.25, 0.3) is 0 Å². The molecule has 0 aliphatic carbocycles. The molecule has 1 aromatic carbocycles. The summed E-state index contributed by atoms with van der Waals surface area (Å²) in [5.74, 6) is 1.07. The Hall–Kier alpha value is -1.53. The SMILES string of the molecule is CCn1c(C)nnc1SCC(=O)Nc1ccc(Cl)cc1C. The molecule has 112 valence electrons. The summed E-state index contributed by atoms with van der Waals surface area (Å²) in [4.78, 5) is 12.0. The number of hydrogen-bond donors (Lipinski definition) is 1. The summed E-state index contributed by atoms with van der Waals surface area (Å²) in [6.45, 7) is 6.63. The Morgan fingerprint density at radius 3 is 2.81 bits per heavy atom. The molecule has 0 saturated heterocycles. The molecule has 2 rings (SSSR count). The molecule has 0 atom stereocenters. The maximum Gasteiger partial charge on any atom is 0.234 e. The van der Waals surface area contributed by atoms with Gasteiger partial charge in [-0.1, -0.05) is 23.4 Å². The van der Waals surface area contributed by atoms with E-state index in [9.17, 15) is 4.79 Å². The number of aryl methyl sites for hydroxylation is 2. The molecule has 1 heterocycles. The van der Waals surface area contributed by atoms with E-state index in [-0.39, 0.29) is 5.91 Å². The minimum absolute atomic E-state index is 0.0753. The largest absolute Gasteiger partial charge is 0.325 e. The molecular formula is C14H17ClN4OS. The summed E-state index contributed by atoms with van der Waals surface area (Å²) in [6, 6.07) is 5.38. The third-order valence-corrected chi connectivity index (χ3v) is 4.21. The number of carbonyl (C=O) groups excluding carboxylic acids is 1. The van der Waals surface area contributed by atoms with Gasteiger partial charge in [-0.05, 0) is 44.5 Å². The quantitative estimate of drug-likeness (QED) is 0.857. The summed E-state index contributed by atoms with van der Waals surface area (Å²) in [6.07, 6.45) is 0. The van der Waals surface area contributed by atoms with Crippen LogP contribution in [0.3, 0.4) is 0 Å². The van der Waals surface area contributed by atoms with Gasteiger partial charge in [0.15, 0.2) is 5.16 Å². The molecule has 0 aliphatic heterocycles. The number of thioether (sulfide) groups is 1.